The number of aliphatic hydroxyl groups is 1. The number of nitrogens with zero attached hydrogens (tertiary/aromatic N) is 4. The van der Waals surface area contributed by atoms with Gasteiger partial charge in [-0.05, 0) is 32.8 Å². The fourth-order valence-corrected chi connectivity index (χ4v) is 5.44. The van der Waals surface area contributed by atoms with Crippen LogP contribution in [0.5, 0.6) is 5.75 Å². The van der Waals surface area contributed by atoms with E-state index in [4.69, 9.17) is 19.6 Å². The molecule has 0 atom stereocenters. The number of hydrogen-bond donors (Lipinski definition) is 2. The van der Waals surface area contributed by atoms with Crippen molar-refractivity contribution in [1.82, 2.24) is 19.7 Å². The predicted octanol–water partition coefficient (Wildman–Crippen LogP) is 5.27. The van der Waals surface area contributed by atoms with Crippen molar-refractivity contribution in [2.45, 2.75) is 45.3 Å². The first-order valence-corrected chi connectivity index (χ1v) is 12.4. The van der Waals surface area contributed by atoms with Crippen LogP contribution in [0.1, 0.15) is 49.2 Å². The fraction of sp³-hybridized carbons (Fsp3) is 0.400. The van der Waals surface area contributed by atoms with Crippen molar-refractivity contribution < 1.29 is 14.6 Å². The minimum absolute atomic E-state index is 0.0776. The average Bonchev–Trinajstić information content (AvgIpc) is 3.46. The third-order valence-electron chi connectivity index (χ3n) is 6.15. The molecule has 178 valence electrons. The summed E-state index contributed by atoms with van der Waals surface area (Å²) in [6, 6.07) is 10.1. The quantitative estimate of drug-likeness (QED) is 0.373. The van der Waals surface area contributed by atoms with Gasteiger partial charge >= 0.3 is 0 Å². The van der Waals surface area contributed by atoms with E-state index in [-0.39, 0.29) is 12.6 Å². The number of fused-ring (bicyclic) bond motifs is 1. The Balaban J connectivity index is 1.55. The number of para-hydroxylation sites is 1. The van der Waals surface area contributed by atoms with Crippen LogP contribution in [-0.4, -0.2) is 45.2 Å². The summed E-state index contributed by atoms with van der Waals surface area (Å²) >= 11 is 1.50. The summed E-state index contributed by atoms with van der Waals surface area (Å²) in [7, 11) is 1.65. The van der Waals surface area contributed by atoms with E-state index >= 15 is 0 Å². The molecule has 0 aliphatic carbocycles. The second-order valence-electron chi connectivity index (χ2n) is 8.67. The summed E-state index contributed by atoms with van der Waals surface area (Å²) in [6.45, 7) is 5.70. The number of benzene rings is 1. The first-order chi connectivity index (χ1) is 16.6. The van der Waals surface area contributed by atoms with Crippen LogP contribution in [0.3, 0.4) is 0 Å². The molecule has 0 amide bonds. The van der Waals surface area contributed by atoms with E-state index in [0.29, 0.717) is 11.9 Å². The molecule has 1 saturated heterocycles. The zero-order valence-electron chi connectivity index (χ0n) is 19.6. The molecule has 1 aromatic carbocycles. The van der Waals surface area contributed by atoms with Crippen LogP contribution in [0.25, 0.3) is 21.3 Å². The van der Waals surface area contributed by atoms with Crippen LogP contribution in [0.15, 0.2) is 36.5 Å². The van der Waals surface area contributed by atoms with E-state index < -0.39 is 0 Å². The maximum Gasteiger partial charge on any atom is 0.228 e. The molecule has 1 aliphatic heterocycles. The number of aromatic nitrogens is 4. The van der Waals surface area contributed by atoms with Crippen LogP contribution in [0, 0.1) is 0 Å². The van der Waals surface area contributed by atoms with Gasteiger partial charge in [0.2, 0.25) is 5.95 Å². The second kappa shape index (κ2) is 9.69. The molecule has 0 saturated carbocycles. The molecular formula is C25H29N5O3S. The Morgan fingerprint density at radius 3 is 2.79 bits per heavy atom. The third kappa shape index (κ3) is 4.26. The lowest BCUT2D eigenvalue weighted by Crippen LogP contribution is -2.15. The minimum Gasteiger partial charge on any atom is -0.496 e. The van der Waals surface area contributed by atoms with Gasteiger partial charge < -0.3 is 19.9 Å². The Kier molecular flexibility index (Phi) is 6.49. The Morgan fingerprint density at radius 2 is 2.06 bits per heavy atom. The lowest BCUT2D eigenvalue weighted by molar-refractivity contribution is 0.0843. The summed E-state index contributed by atoms with van der Waals surface area (Å²) in [4.78, 5) is 10.3. The Hall–Kier alpha value is -3.01. The SMILES string of the molecule is COc1ccccc1-c1c(CO)sc2cnc(Nc3cc(C4CCOCC4)nn3C(C)C)nc12. The maximum absolute atomic E-state index is 10.1. The average molecular weight is 480 g/mol. The van der Waals surface area contributed by atoms with Gasteiger partial charge in [-0.2, -0.15) is 5.10 Å². The van der Waals surface area contributed by atoms with E-state index in [0.717, 1.165) is 69.5 Å². The van der Waals surface area contributed by atoms with E-state index in [1.807, 2.05) is 35.1 Å². The van der Waals surface area contributed by atoms with Gasteiger partial charge in [-0.15, -0.1) is 11.3 Å². The van der Waals surface area contributed by atoms with Crippen molar-refractivity contribution in [2.75, 3.05) is 25.6 Å². The van der Waals surface area contributed by atoms with Crippen molar-refractivity contribution in [3.05, 3.63) is 47.1 Å². The highest BCUT2D eigenvalue weighted by Crippen LogP contribution is 2.42. The molecule has 3 aromatic heterocycles. The highest BCUT2D eigenvalue weighted by molar-refractivity contribution is 7.19. The zero-order chi connectivity index (χ0) is 23.7. The summed E-state index contributed by atoms with van der Waals surface area (Å²) in [5, 5.41) is 18.3. The summed E-state index contributed by atoms with van der Waals surface area (Å²) in [5.74, 6) is 2.50. The molecular weight excluding hydrogens is 450 g/mol. The second-order valence-corrected chi connectivity index (χ2v) is 9.81. The van der Waals surface area contributed by atoms with Crippen LogP contribution in [0.4, 0.5) is 11.8 Å². The Labute approximate surface area is 202 Å². The smallest absolute Gasteiger partial charge is 0.228 e. The van der Waals surface area contributed by atoms with Gasteiger partial charge in [0.15, 0.2) is 0 Å². The van der Waals surface area contributed by atoms with Crippen LogP contribution < -0.4 is 10.1 Å². The molecule has 8 nitrogen and oxygen atoms in total. The van der Waals surface area contributed by atoms with Gasteiger partial charge in [0.25, 0.3) is 0 Å². The van der Waals surface area contributed by atoms with E-state index in [2.05, 4.69) is 30.2 Å². The highest BCUT2D eigenvalue weighted by Gasteiger charge is 2.23. The number of aliphatic hydroxyl groups excluding tert-OH is 1. The summed E-state index contributed by atoms with van der Waals surface area (Å²) in [6.07, 6.45) is 3.78. The van der Waals surface area contributed by atoms with E-state index in [9.17, 15) is 5.11 Å². The molecule has 0 bridgehead atoms. The molecule has 2 N–H and O–H groups in total. The van der Waals surface area contributed by atoms with E-state index in [1.54, 1.807) is 7.11 Å². The molecule has 0 unspecified atom stereocenters. The summed E-state index contributed by atoms with van der Waals surface area (Å²) in [5.41, 5.74) is 3.65. The first-order valence-electron chi connectivity index (χ1n) is 11.6. The molecule has 4 heterocycles. The van der Waals surface area contributed by atoms with E-state index in [1.165, 1.54) is 11.3 Å². The predicted molar refractivity (Wildman–Crippen MR) is 134 cm³/mol. The number of methoxy groups -OCH3 is 1. The molecule has 5 rings (SSSR count). The monoisotopic (exact) mass is 479 g/mol. The van der Waals surface area contributed by atoms with Crippen molar-refractivity contribution in [1.29, 1.82) is 0 Å². The van der Waals surface area contributed by atoms with Crippen LogP contribution in [0.2, 0.25) is 0 Å². The van der Waals surface area contributed by atoms with Gasteiger partial charge in [-0.1, -0.05) is 18.2 Å². The lowest BCUT2D eigenvalue weighted by atomic mass is 9.97. The largest absolute Gasteiger partial charge is 0.496 e. The van der Waals surface area contributed by atoms with Crippen molar-refractivity contribution >= 4 is 33.3 Å². The molecule has 0 spiro atoms. The number of rotatable bonds is 7. The van der Waals surface area contributed by atoms with Crippen LogP contribution in [-0.2, 0) is 11.3 Å². The number of hydrogen-bond acceptors (Lipinski definition) is 8. The number of ether oxygens (including phenoxy) is 2. The van der Waals surface area contributed by atoms with Crippen LogP contribution >= 0.6 is 11.3 Å². The van der Waals surface area contributed by atoms with Crippen molar-refractivity contribution in [3.63, 3.8) is 0 Å². The highest BCUT2D eigenvalue weighted by atomic mass is 32.1. The number of thiophene rings is 1. The van der Waals surface area contributed by atoms with Gasteiger partial charge in [-0.25, -0.2) is 14.6 Å². The standard InChI is InChI=1S/C25H29N5O3S/c1-15(2)30-22(12-18(29-30)16-8-10-33-11-9-16)27-25-26-13-20-24(28-25)23(21(14-31)34-20)17-6-4-5-7-19(17)32-3/h4-7,12-13,15-16,31H,8-11,14H2,1-3H3,(H,26,27,28). The maximum atomic E-state index is 10.1. The molecule has 9 heteroatoms. The molecule has 34 heavy (non-hydrogen) atoms. The Morgan fingerprint density at radius 1 is 1.26 bits per heavy atom. The van der Waals surface area contributed by atoms with Crippen molar-refractivity contribution in [3.8, 4) is 16.9 Å². The number of anilines is 2. The van der Waals surface area contributed by atoms with Gasteiger partial charge in [0, 0.05) is 47.2 Å². The summed E-state index contributed by atoms with van der Waals surface area (Å²) < 4.78 is 14.0. The zero-order valence-corrected chi connectivity index (χ0v) is 20.4. The Bertz CT molecular complexity index is 1290. The minimum atomic E-state index is -0.0776. The molecule has 4 aromatic rings. The van der Waals surface area contributed by atoms with Crippen molar-refractivity contribution in [2.24, 2.45) is 0 Å². The van der Waals surface area contributed by atoms with Gasteiger partial charge in [0.05, 0.1) is 35.8 Å². The number of nitrogens with one attached hydrogen (secondary N) is 1. The molecule has 1 fully saturated rings. The normalized spacial score (nSPS) is 14.7. The van der Waals surface area contributed by atoms with Gasteiger partial charge in [-0.3, -0.25) is 0 Å². The molecule has 0 radical (unpaired) electrons. The third-order valence-corrected chi connectivity index (χ3v) is 7.25. The fourth-order valence-electron chi connectivity index (χ4n) is 4.45. The topological polar surface area (TPSA) is 94.3 Å². The molecule has 1 aliphatic rings. The lowest BCUT2D eigenvalue weighted by Gasteiger charge is -2.20. The first kappa shape index (κ1) is 22.8. The van der Waals surface area contributed by atoms with Gasteiger partial charge in [0.1, 0.15) is 11.6 Å².